The van der Waals surface area contributed by atoms with E-state index in [0.29, 0.717) is 31.1 Å². The second-order valence-corrected chi connectivity index (χ2v) is 8.25. The standard InChI is InChI=1S/C24H30N4O3/c29-17-19-11-14-27(15-12-19)20-9-7-18(8-10-20)16-25-24(31)26-21-4-1-2-5-22(21)28-13-3-6-23(28)30/h1-2,4-5,7-10,19,29H,3,6,11-17H2,(H2,25,26,31). The topological polar surface area (TPSA) is 84.9 Å². The molecule has 2 aromatic rings. The van der Waals surface area contributed by atoms with Crippen LogP contribution in [0.15, 0.2) is 48.5 Å². The normalized spacial score (nSPS) is 17.1. The Hall–Kier alpha value is -3.06. The SMILES string of the molecule is O=C(NCc1ccc(N2CCC(CO)CC2)cc1)Nc1ccccc1N1CCCC1=O. The number of anilines is 3. The largest absolute Gasteiger partial charge is 0.396 e. The Morgan fingerprint density at radius 3 is 2.45 bits per heavy atom. The van der Waals surface area contributed by atoms with Crippen molar-refractivity contribution in [1.29, 1.82) is 0 Å². The van der Waals surface area contributed by atoms with Gasteiger partial charge in [-0.05, 0) is 55.0 Å². The number of hydrogen-bond donors (Lipinski definition) is 3. The summed E-state index contributed by atoms with van der Waals surface area (Å²) in [5.74, 6) is 0.516. The molecule has 2 saturated heterocycles. The molecule has 164 valence electrons. The molecule has 2 fully saturated rings. The predicted octanol–water partition coefficient (Wildman–Crippen LogP) is 3.34. The van der Waals surface area contributed by atoms with Crippen molar-refractivity contribution in [3.05, 3.63) is 54.1 Å². The van der Waals surface area contributed by atoms with Crippen molar-refractivity contribution in [2.24, 2.45) is 5.92 Å². The number of carbonyl (C=O) groups is 2. The molecule has 7 nitrogen and oxygen atoms in total. The lowest BCUT2D eigenvalue weighted by atomic mass is 9.97. The van der Waals surface area contributed by atoms with Crippen LogP contribution in [0.5, 0.6) is 0 Å². The molecule has 4 rings (SSSR count). The van der Waals surface area contributed by atoms with Crippen molar-refractivity contribution in [1.82, 2.24) is 5.32 Å². The van der Waals surface area contributed by atoms with Crippen LogP contribution in [0.3, 0.4) is 0 Å². The molecule has 0 aromatic heterocycles. The number of carbonyl (C=O) groups excluding carboxylic acids is 2. The fourth-order valence-electron chi connectivity index (χ4n) is 4.26. The number of nitrogens with zero attached hydrogens (tertiary/aromatic N) is 2. The minimum atomic E-state index is -0.297. The van der Waals surface area contributed by atoms with Gasteiger partial charge in [-0.25, -0.2) is 4.79 Å². The molecule has 2 aliphatic rings. The van der Waals surface area contributed by atoms with E-state index in [1.54, 1.807) is 4.90 Å². The van der Waals surface area contributed by atoms with Crippen molar-refractivity contribution >= 4 is 29.0 Å². The molecule has 2 aliphatic heterocycles. The number of aliphatic hydroxyl groups excluding tert-OH is 1. The molecular weight excluding hydrogens is 392 g/mol. The summed E-state index contributed by atoms with van der Waals surface area (Å²) in [4.78, 5) is 28.6. The molecule has 0 bridgehead atoms. The fraction of sp³-hybridized carbons (Fsp3) is 0.417. The number of aliphatic hydroxyl groups is 1. The molecule has 7 heteroatoms. The van der Waals surface area contributed by atoms with Gasteiger partial charge in [-0.2, -0.15) is 0 Å². The highest BCUT2D eigenvalue weighted by molar-refractivity contribution is 6.01. The summed E-state index contributed by atoms with van der Waals surface area (Å²) in [5.41, 5.74) is 3.58. The number of rotatable bonds is 6. The molecular formula is C24H30N4O3. The maximum absolute atomic E-state index is 12.5. The number of benzene rings is 2. The monoisotopic (exact) mass is 422 g/mol. The first-order valence-corrected chi connectivity index (χ1v) is 11.0. The van der Waals surface area contributed by atoms with Gasteiger partial charge in [0.2, 0.25) is 5.91 Å². The van der Waals surface area contributed by atoms with E-state index in [1.807, 2.05) is 36.4 Å². The van der Waals surface area contributed by atoms with Gasteiger partial charge in [-0.15, -0.1) is 0 Å². The Morgan fingerprint density at radius 1 is 1.03 bits per heavy atom. The van der Waals surface area contributed by atoms with Gasteiger partial charge in [0.15, 0.2) is 0 Å². The maximum Gasteiger partial charge on any atom is 0.319 e. The lowest BCUT2D eigenvalue weighted by Crippen LogP contribution is -2.34. The second kappa shape index (κ2) is 9.83. The van der Waals surface area contributed by atoms with Gasteiger partial charge in [-0.3, -0.25) is 4.79 Å². The zero-order valence-corrected chi connectivity index (χ0v) is 17.7. The Labute approximate surface area is 183 Å². The number of amides is 3. The smallest absolute Gasteiger partial charge is 0.319 e. The van der Waals surface area contributed by atoms with Gasteiger partial charge < -0.3 is 25.5 Å². The third kappa shape index (κ3) is 5.17. The first-order chi connectivity index (χ1) is 15.1. The van der Waals surface area contributed by atoms with Gasteiger partial charge in [0.05, 0.1) is 11.4 Å². The van der Waals surface area contributed by atoms with Crippen molar-refractivity contribution < 1.29 is 14.7 Å². The third-order valence-electron chi connectivity index (χ3n) is 6.14. The van der Waals surface area contributed by atoms with Crippen molar-refractivity contribution in [2.45, 2.75) is 32.2 Å². The highest BCUT2D eigenvalue weighted by atomic mass is 16.3. The van der Waals surface area contributed by atoms with Crippen LogP contribution < -0.4 is 20.4 Å². The van der Waals surface area contributed by atoms with Crippen LogP contribution >= 0.6 is 0 Å². The van der Waals surface area contributed by atoms with Crippen molar-refractivity contribution in [2.75, 3.05) is 41.4 Å². The number of para-hydroxylation sites is 2. The van der Waals surface area contributed by atoms with Crippen LogP contribution in [-0.4, -0.2) is 43.3 Å². The van der Waals surface area contributed by atoms with Crippen LogP contribution in [-0.2, 0) is 11.3 Å². The van der Waals surface area contributed by atoms with Crippen LogP contribution in [0.4, 0.5) is 21.9 Å². The van der Waals surface area contributed by atoms with Crippen LogP contribution in [0.2, 0.25) is 0 Å². The minimum Gasteiger partial charge on any atom is -0.396 e. The highest BCUT2D eigenvalue weighted by Gasteiger charge is 2.24. The number of urea groups is 1. The van der Waals surface area contributed by atoms with E-state index in [-0.39, 0.29) is 18.5 Å². The van der Waals surface area contributed by atoms with Gasteiger partial charge in [0.25, 0.3) is 0 Å². The number of nitrogens with one attached hydrogen (secondary N) is 2. The molecule has 3 N–H and O–H groups in total. The first-order valence-electron chi connectivity index (χ1n) is 11.0. The van der Waals surface area contributed by atoms with Crippen molar-refractivity contribution in [3.8, 4) is 0 Å². The summed E-state index contributed by atoms with van der Waals surface area (Å²) in [7, 11) is 0. The predicted molar refractivity (Wildman–Crippen MR) is 122 cm³/mol. The zero-order valence-electron chi connectivity index (χ0n) is 17.7. The summed E-state index contributed by atoms with van der Waals surface area (Å²) in [6, 6.07) is 15.3. The molecule has 31 heavy (non-hydrogen) atoms. The highest BCUT2D eigenvalue weighted by Crippen LogP contribution is 2.29. The molecule has 0 spiro atoms. The first kappa shape index (κ1) is 21.2. The van der Waals surface area contributed by atoms with E-state index in [0.717, 1.165) is 43.6 Å². The number of piperidine rings is 1. The van der Waals surface area contributed by atoms with E-state index in [9.17, 15) is 14.7 Å². The Bertz CT molecular complexity index is 907. The molecule has 2 aromatic carbocycles. The molecule has 0 unspecified atom stereocenters. The van der Waals surface area contributed by atoms with Crippen LogP contribution in [0, 0.1) is 5.92 Å². The lowest BCUT2D eigenvalue weighted by molar-refractivity contribution is -0.117. The van der Waals surface area contributed by atoms with Crippen LogP contribution in [0.1, 0.15) is 31.2 Å². The fourth-order valence-corrected chi connectivity index (χ4v) is 4.26. The van der Waals surface area contributed by atoms with Gasteiger partial charge in [-0.1, -0.05) is 24.3 Å². The third-order valence-corrected chi connectivity index (χ3v) is 6.14. The summed E-state index contributed by atoms with van der Waals surface area (Å²) >= 11 is 0. The maximum atomic E-state index is 12.5. The average Bonchev–Trinajstić information content (AvgIpc) is 3.24. The summed E-state index contributed by atoms with van der Waals surface area (Å²) in [6.07, 6.45) is 3.43. The summed E-state index contributed by atoms with van der Waals surface area (Å²) < 4.78 is 0. The van der Waals surface area contributed by atoms with E-state index >= 15 is 0 Å². The molecule has 0 saturated carbocycles. The van der Waals surface area contributed by atoms with Crippen molar-refractivity contribution in [3.63, 3.8) is 0 Å². The molecule has 2 heterocycles. The van der Waals surface area contributed by atoms with E-state index in [2.05, 4.69) is 27.7 Å². The average molecular weight is 423 g/mol. The minimum absolute atomic E-state index is 0.0929. The lowest BCUT2D eigenvalue weighted by Gasteiger charge is -2.33. The van der Waals surface area contributed by atoms with Gasteiger partial charge >= 0.3 is 6.03 Å². The van der Waals surface area contributed by atoms with Crippen LogP contribution in [0.25, 0.3) is 0 Å². The van der Waals surface area contributed by atoms with E-state index in [1.165, 1.54) is 5.69 Å². The Kier molecular flexibility index (Phi) is 6.72. The number of hydrogen-bond acceptors (Lipinski definition) is 4. The second-order valence-electron chi connectivity index (χ2n) is 8.25. The van der Waals surface area contributed by atoms with E-state index < -0.39 is 0 Å². The van der Waals surface area contributed by atoms with Gasteiger partial charge in [0, 0.05) is 44.9 Å². The summed E-state index contributed by atoms with van der Waals surface area (Å²) in [6.45, 7) is 3.31. The van der Waals surface area contributed by atoms with E-state index in [4.69, 9.17) is 0 Å². The summed E-state index contributed by atoms with van der Waals surface area (Å²) in [5, 5.41) is 15.1. The zero-order chi connectivity index (χ0) is 21.6. The Balaban J connectivity index is 1.30. The molecule has 0 aliphatic carbocycles. The quantitative estimate of drug-likeness (QED) is 0.667. The molecule has 0 atom stereocenters. The van der Waals surface area contributed by atoms with Gasteiger partial charge in [0.1, 0.15) is 0 Å². The molecule has 3 amide bonds. The molecule has 0 radical (unpaired) electrons. The Morgan fingerprint density at radius 2 is 1.77 bits per heavy atom.